The minimum absolute atomic E-state index is 0.0950. The Bertz CT molecular complexity index is 1430. The zero-order chi connectivity index (χ0) is 26.6. The Labute approximate surface area is 222 Å². The van der Waals surface area contributed by atoms with Gasteiger partial charge in [-0.15, -0.1) is 0 Å². The number of hydrogen-bond acceptors (Lipinski definition) is 7. The average Bonchev–Trinajstić information content (AvgIpc) is 3.30. The molecule has 1 fully saturated rings. The maximum atomic E-state index is 12.4. The number of ether oxygens (including phenoxy) is 2. The number of para-hydroxylation sites is 1. The summed E-state index contributed by atoms with van der Waals surface area (Å²) in [5.41, 5.74) is 4.26. The third-order valence-corrected chi connectivity index (χ3v) is 6.70. The van der Waals surface area contributed by atoms with Crippen LogP contribution in [0.1, 0.15) is 43.3 Å². The lowest BCUT2D eigenvalue weighted by molar-refractivity contribution is 0.178. The van der Waals surface area contributed by atoms with Crippen LogP contribution in [0.15, 0.2) is 72.8 Å². The zero-order valence-electron chi connectivity index (χ0n) is 22.0. The van der Waals surface area contributed by atoms with Crippen LogP contribution in [0.3, 0.4) is 0 Å². The Kier molecular flexibility index (Phi) is 7.22. The van der Waals surface area contributed by atoms with Gasteiger partial charge in [-0.25, -0.2) is 9.69 Å². The van der Waals surface area contributed by atoms with Crippen LogP contribution in [0, 0.1) is 13.8 Å². The van der Waals surface area contributed by atoms with Crippen LogP contribution in [0.2, 0.25) is 0 Å². The Balaban J connectivity index is 1.48. The number of hydrogen-bond donors (Lipinski definition) is 1. The molecule has 2 heterocycles. The standard InChI is InChI=1S/C30H31N5O3/c1-5-23-18-37-30(36)35(23)29-33-21(4)32-28(34-29)31-20(3)25-16-17-26(38-24-14-10-7-11-15-24)27(19(25)2)22-12-8-6-9-13-22/h6-17,20,23H,5,18H2,1-4H3,(H,31,32,33,34)/t20-,23-/m0/s1. The number of rotatable bonds is 8. The molecule has 4 aromatic rings. The molecule has 8 nitrogen and oxygen atoms in total. The normalized spacial score (nSPS) is 15.7. The summed E-state index contributed by atoms with van der Waals surface area (Å²) >= 11 is 0. The fourth-order valence-corrected chi connectivity index (χ4v) is 4.75. The molecule has 0 spiro atoms. The molecule has 8 heteroatoms. The summed E-state index contributed by atoms with van der Waals surface area (Å²) < 4.78 is 11.5. The molecule has 0 radical (unpaired) electrons. The summed E-state index contributed by atoms with van der Waals surface area (Å²) in [6.45, 7) is 8.29. The van der Waals surface area contributed by atoms with Gasteiger partial charge in [0.25, 0.3) is 0 Å². The van der Waals surface area contributed by atoms with E-state index in [4.69, 9.17) is 9.47 Å². The fraction of sp³-hybridized carbons (Fsp3) is 0.267. The first-order valence-corrected chi connectivity index (χ1v) is 12.8. The molecule has 0 saturated carbocycles. The zero-order valence-corrected chi connectivity index (χ0v) is 22.0. The van der Waals surface area contributed by atoms with Crippen molar-refractivity contribution in [3.8, 4) is 22.6 Å². The van der Waals surface area contributed by atoms with Crippen molar-refractivity contribution < 1.29 is 14.3 Å². The molecule has 0 unspecified atom stereocenters. The van der Waals surface area contributed by atoms with E-state index in [0.29, 0.717) is 24.3 Å². The van der Waals surface area contributed by atoms with Crippen LogP contribution in [0.25, 0.3) is 11.1 Å². The third-order valence-electron chi connectivity index (χ3n) is 6.70. The van der Waals surface area contributed by atoms with Crippen LogP contribution in [-0.4, -0.2) is 33.7 Å². The van der Waals surface area contributed by atoms with Gasteiger partial charge in [0.05, 0.1) is 12.1 Å². The smallest absolute Gasteiger partial charge is 0.417 e. The van der Waals surface area contributed by atoms with Gasteiger partial charge < -0.3 is 14.8 Å². The number of cyclic esters (lactones) is 1. The van der Waals surface area contributed by atoms with Crippen molar-refractivity contribution in [3.05, 3.63) is 89.7 Å². The van der Waals surface area contributed by atoms with E-state index in [1.165, 1.54) is 4.90 Å². The van der Waals surface area contributed by atoms with Crippen LogP contribution >= 0.6 is 0 Å². The number of carbonyl (C=O) groups excluding carboxylic acids is 1. The summed E-state index contributed by atoms with van der Waals surface area (Å²) in [5, 5.41) is 3.42. The number of aromatic nitrogens is 3. The average molecular weight is 510 g/mol. The minimum Gasteiger partial charge on any atom is -0.457 e. The molecule has 1 aliphatic heterocycles. The summed E-state index contributed by atoms with van der Waals surface area (Å²) in [7, 11) is 0. The molecule has 0 bridgehead atoms. The highest BCUT2D eigenvalue weighted by atomic mass is 16.6. The summed E-state index contributed by atoms with van der Waals surface area (Å²) in [6, 6.07) is 23.9. The molecular formula is C30H31N5O3. The van der Waals surface area contributed by atoms with Gasteiger partial charge in [-0.1, -0.05) is 61.5 Å². The molecule has 0 aliphatic carbocycles. The van der Waals surface area contributed by atoms with Gasteiger partial charge in [0.15, 0.2) is 0 Å². The highest BCUT2D eigenvalue weighted by Crippen LogP contribution is 2.39. The van der Waals surface area contributed by atoms with E-state index in [1.807, 2.05) is 61.5 Å². The third kappa shape index (κ3) is 5.16. The number of carbonyl (C=O) groups is 1. The number of anilines is 2. The predicted molar refractivity (Wildman–Crippen MR) is 148 cm³/mol. The largest absolute Gasteiger partial charge is 0.457 e. The molecule has 38 heavy (non-hydrogen) atoms. The molecule has 194 valence electrons. The van der Waals surface area contributed by atoms with E-state index in [-0.39, 0.29) is 12.1 Å². The van der Waals surface area contributed by atoms with Gasteiger partial charge in [0, 0.05) is 5.56 Å². The summed E-state index contributed by atoms with van der Waals surface area (Å²) in [4.78, 5) is 27.4. The monoisotopic (exact) mass is 509 g/mol. The predicted octanol–water partition coefficient (Wildman–Crippen LogP) is 6.86. The van der Waals surface area contributed by atoms with Crippen LogP contribution < -0.4 is 15.0 Å². The maximum Gasteiger partial charge on any atom is 0.417 e. The lowest BCUT2D eigenvalue weighted by atomic mass is 9.92. The molecule has 5 rings (SSSR count). The summed E-state index contributed by atoms with van der Waals surface area (Å²) in [6.07, 6.45) is 0.313. The topological polar surface area (TPSA) is 89.5 Å². The number of amides is 1. The number of benzene rings is 3. The first kappa shape index (κ1) is 25.2. The number of nitrogens with zero attached hydrogens (tertiary/aromatic N) is 4. The van der Waals surface area contributed by atoms with Crippen molar-refractivity contribution in [1.82, 2.24) is 15.0 Å². The molecular weight excluding hydrogens is 478 g/mol. The van der Waals surface area contributed by atoms with Crippen molar-refractivity contribution in [1.29, 1.82) is 0 Å². The SMILES string of the molecule is CC[C@H]1COC(=O)N1c1nc(C)nc(N[C@@H](C)c2ccc(Oc3ccccc3)c(-c3ccccc3)c2C)n1. The fourth-order valence-electron chi connectivity index (χ4n) is 4.75. The molecule has 1 aliphatic rings. The molecule has 1 amide bonds. The van der Waals surface area contributed by atoms with Gasteiger partial charge >= 0.3 is 6.09 Å². The Morgan fingerprint density at radius 1 is 1.00 bits per heavy atom. The second kappa shape index (κ2) is 10.9. The summed E-state index contributed by atoms with van der Waals surface area (Å²) in [5.74, 6) is 2.79. The first-order valence-electron chi connectivity index (χ1n) is 12.8. The van der Waals surface area contributed by atoms with Gasteiger partial charge in [-0.05, 0) is 62.1 Å². The Morgan fingerprint density at radius 2 is 1.71 bits per heavy atom. The van der Waals surface area contributed by atoms with E-state index < -0.39 is 6.09 Å². The second-order valence-electron chi connectivity index (χ2n) is 9.32. The van der Waals surface area contributed by atoms with E-state index >= 15 is 0 Å². The van der Waals surface area contributed by atoms with Gasteiger partial charge in [0.1, 0.15) is 23.9 Å². The molecule has 1 N–H and O–H groups in total. The molecule has 2 atom stereocenters. The van der Waals surface area contributed by atoms with Crippen molar-refractivity contribution in [2.24, 2.45) is 0 Å². The lowest BCUT2D eigenvalue weighted by Crippen LogP contribution is -2.34. The number of nitrogens with one attached hydrogen (secondary N) is 1. The highest BCUT2D eigenvalue weighted by molar-refractivity contribution is 5.88. The second-order valence-corrected chi connectivity index (χ2v) is 9.32. The Hall–Kier alpha value is -4.46. The van der Waals surface area contributed by atoms with Crippen molar-refractivity contribution >= 4 is 18.0 Å². The molecule has 1 saturated heterocycles. The van der Waals surface area contributed by atoms with E-state index in [0.717, 1.165) is 40.2 Å². The van der Waals surface area contributed by atoms with E-state index in [2.05, 4.69) is 52.3 Å². The lowest BCUT2D eigenvalue weighted by Gasteiger charge is -2.22. The maximum absolute atomic E-state index is 12.4. The van der Waals surface area contributed by atoms with Gasteiger partial charge in [0.2, 0.25) is 11.9 Å². The minimum atomic E-state index is -0.432. The number of aryl methyl sites for hydroxylation is 1. The van der Waals surface area contributed by atoms with Crippen molar-refractivity contribution in [2.45, 2.75) is 46.2 Å². The first-order chi connectivity index (χ1) is 18.4. The quantitative estimate of drug-likeness (QED) is 0.278. The van der Waals surface area contributed by atoms with Crippen molar-refractivity contribution in [3.63, 3.8) is 0 Å². The van der Waals surface area contributed by atoms with E-state index in [1.54, 1.807) is 6.92 Å². The van der Waals surface area contributed by atoms with Crippen molar-refractivity contribution in [2.75, 3.05) is 16.8 Å². The van der Waals surface area contributed by atoms with Crippen LogP contribution in [-0.2, 0) is 4.74 Å². The molecule has 1 aromatic heterocycles. The van der Waals surface area contributed by atoms with Gasteiger partial charge in [-0.2, -0.15) is 15.0 Å². The van der Waals surface area contributed by atoms with Crippen LogP contribution in [0.5, 0.6) is 11.5 Å². The van der Waals surface area contributed by atoms with Crippen LogP contribution in [0.4, 0.5) is 16.7 Å². The Morgan fingerprint density at radius 3 is 2.42 bits per heavy atom. The van der Waals surface area contributed by atoms with E-state index in [9.17, 15) is 4.79 Å². The van der Waals surface area contributed by atoms with Gasteiger partial charge in [-0.3, -0.25) is 0 Å². The molecule has 3 aromatic carbocycles. The highest BCUT2D eigenvalue weighted by Gasteiger charge is 2.35.